The van der Waals surface area contributed by atoms with Gasteiger partial charge < -0.3 is 4.42 Å². The molecule has 0 bridgehead atoms. The number of nitrogens with zero attached hydrogens (tertiary/aromatic N) is 2. The summed E-state index contributed by atoms with van der Waals surface area (Å²) in [5.74, 6) is 0. The molecule has 0 atom stereocenters. The molecule has 0 fully saturated rings. The lowest BCUT2D eigenvalue weighted by atomic mass is 10.4. The van der Waals surface area contributed by atoms with Gasteiger partial charge in [0.25, 0.3) is 5.56 Å². The van der Waals surface area contributed by atoms with Crippen molar-refractivity contribution in [3.8, 4) is 0 Å². The van der Waals surface area contributed by atoms with Crippen LogP contribution in [0.15, 0.2) is 21.8 Å². The molecular formula is C8H8N2O2. The molecule has 0 aliphatic carbocycles. The van der Waals surface area contributed by atoms with Gasteiger partial charge in [-0.25, -0.2) is 0 Å². The molecule has 2 rings (SSSR count). The van der Waals surface area contributed by atoms with Crippen LogP contribution in [0.3, 0.4) is 0 Å². The van der Waals surface area contributed by atoms with E-state index < -0.39 is 0 Å². The minimum Gasteiger partial charge on any atom is -0.446 e. The van der Waals surface area contributed by atoms with Crippen LogP contribution in [0.2, 0.25) is 0 Å². The molecule has 4 nitrogen and oxygen atoms in total. The lowest BCUT2D eigenvalue weighted by Gasteiger charge is -1.94. The number of rotatable bonds is 0. The van der Waals surface area contributed by atoms with Crippen LogP contribution in [-0.2, 0) is 0 Å². The Labute approximate surface area is 68.5 Å². The van der Waals surface area contributed by atoms with Gasteiger partial charge in [0.2, 0.25) is 5.71 Å². The largest absolute Gasteiger partial charge is 0.446 e. The molecule has 2 aromatic heterocycles. The third-order valence-electron chi connectivity index (χ3n) is 1.87. The zero-order valence-corrected chi connectivity index (χ0v) is 6.87. The van der Waals surface area contributed by atoms with E-state index in [9.17, 15) is 4.79 Å². The summed E-state index contributed by atoms with van der Waals surface area (Å²) in [5, 5.41) is 0. The summed E-state index contributed by atoms with van der Waals surface area (Å²) >= 11 is 0. The smallest absolute Gasteiger partial charge is 0.279 e. The Kier molecular flexibility index (Phi) is 1.30. The maximum absolute atomic E-state index is 11.1. The van der Waals surface area contributed by atoms with E-state index in [2.05, 4.69) is 4.98 Å². The summed E-state index contributed by atoms with van der Waals surface area (Å²) in [4.78, 5) is 14.7. The van der Waals surface area contributed by atoms with Crippen LogP contribution in [0, 0.1) is 13.8 Å². The quantitative estimate of drug-likeness (QED) is 0.581. The lowest BCUT2D eigenvalue weighted by molar-refractivity contribution is 0.600. The highest BCUT2D eigenvalue weighted by atomic mass is 16.3. The van der Waals surface area contributed by atoms with Crippen molar-refractivity contribution >= 4 is 5.71 Å². The zero-order chi connectivity index (χ0) is 8.72. The van der Waals surface area contributed by atoms with Crippen molar-refractivity contribution in [2.75, 3.05) is 0 Å². The van der Waals surface area contributed by atoms with Crippen LogP contribution < -0.4 is 5.56 Å². The summed E-state index contributed by atoms with van der Waals surface area (Å²) in [6.45, 7) is 3.59. The van der Waals surface area contributed by atoms with Gasteiger partial charge in [0, 0.05) is 0 Å². The Bertz CT molecular complexity index is 481. The molecule has 2 heterocycles. The maximum atomic E-state index is 11.1. The van der Waals surface area contributed by atoms with Gasteiger partial charge in [0.05, 0.1) is 11.3 Å². The maximum Gasteiger partial charge on any atom is 0.279 e. The highest BCUT2D eigenvalue weighted by Gasteiger charge is 2.05. The van der Waals surface area contributed by atoms with Crippen LogP contribution in [0.5, 0.6) is 0 Å². The predicted molar refractivity (Wildman–Crippen MR) is 43.2 cm³/mol. The molecule has 4 heteroatoms. The Morgan fingerprint density at radius 2 is 2.25 bits per heavy atom. The second-order valence-corrected chi connectivity index (χ2v) is 2.73. The number of oxazole rings is 1. The van der Waals surface area contributed by atoms with E-state index in [0.29, 0.717) is 11.3 Å². The van der Waals surface area contributed by atoms with Crippen molar-refractivity contribution in [1.82, 2.24) is 9.38 Å². The highest BCUT2D eigenvalue weighted by Crippen LogP contribution is 2.08. The molecular weight excluding hydrogens is 156 g/mol. The van der Waals surface area contributed by atoms with E-state index >= 15 is 0 Å². The predicted octanol–water partition coefficient (Wildman–Crippen LogP) is 0.904. The molecule has 0 aliphatic rings. The van der Waals surface area contributed by atoms with Crippen molar-refractivity contribution in [1.29, 1.82) is 0 Å². The van der Waals surface area contributed by atoms with Gasteiger partial charge in [-0.2, -0.15) is 4.98 Å². The second-order valence-electron chi connectivity index (χ2n) is 2.73. The second kappa shape index (κ2) is 2.20. The van der Waals surface area contributed by atoms with Crippen LogP contribution in [-0.4, -0.2) is 9.38 Å². The van der Waals surface area contributed by atoms with E-state index in [-0.39, 0.29) is 5.56 Å². The normalized spacial score (nSPS) is 10.8. The molecule has 62 valence electrons. The van der Waals surface area contributed by atoms with Crippen molar-refractivity contribution < 1.29 is 4.42 Å². The van der Waals surface area contributed by atoms with E-state index in [4.69, 9.17) is 4.42 Å². The van der Waals surface area contributed by atoms with E-state index in [1.807, 2.05) is 6.92 Å². The third-order valence-corrected chi connectivity index (χ3v) is 1.87. The SMILES string of the molecule is Cc1c(=O)ncn2c(C)coc12. The first-order valence-electron chi connectivity index (χ1n) is 3.62. The van der Waals surface area contributed by atoms with Gasteiger partial charge in [0.15, 0.2) is 0 Å². The number of aryl methyl sites for hydroxylation is 2. The summed E-state index contributed by atoms with van der Waals surface area (Å²) in [5.41, 5.74) is 1.82. The average Bonchev–Trinajstić information content (AvgIpc) is 2.41. The molecule has 0 saturated carbocycles. The molecule has 0 radical (unpaired) electrons. The van der Waals surface area contributed by atoms with Crippen molar-refractivity contribution in [3.63, 3.8) is 0 Å². The molecule has 0 unspecified atom stereocenters. The lowest BCUT2D eigenvalue weighted by Crippen LogP contribution is -2.11. The van der Waals surface area contributed by atoms with Gasteiger partial charge >= 0.3 is 0 Å². The van der Waals surface area contributed by atoms with Gasteiger partial charge in [0.1, 0.15) is 12.6 Å². The summed E-state index contributed by atoms with van der Waals surface area (Å²) in [6.07, 6.45) is 3.08. The Morgan fingerprint density at radius 1 is 1.50 bits per heavy atom. The minimum atomic E-state index is -0.232. The van der Waals surface area contributed by atoms with Gasteiger partial charge in [-0.15, -0.1) is 0 Å². The van der Waals surface area contributed by atoms with Crippen LogP contribution in [0.1, 0.15) is 11.3 Å². The van der Waals surface area contributed by atoms with Crippen LogP contribution in [0.4, 0.5) is 0 Å². The Morgan fingerprint density at radius 3 is 3.00 bits per heavy atom. The third kappa shape index (κ3) is 0.777. The fourth-order valence-electron chi connectivity index (χ4n) is 1.13. The number of hydrogen-bond donors (Lipinski definition) is 0. The summed E-state index contributed by atoms with van der Waals surface area (Å²) < 4.78 is 6.93. The summed E-state index contributed by atoms with van der Waals surface area (Å²) in [6, 6.07) is 0. The number of aromatic nitrogens is 2. The molecule has 0 spiro atoms. The Balaban J connectivity index is 3.02. The molecule has 12 heavy (non-hydrogen) atoms. The number of fused-ring (bicyclic) bond motifs is 1. The summed E-state index contributed by atoms with van der Waals surface area (Å²) in [7, 11) is 0. The molecule has 0 amide bonds. The molecule has 0 aromatic carbocycles. The highest BCUT2D eigenvalue weighted by molar-refractivity contribution is 5.42. The van der Waals surface area contributed by atoms with E-state index in [1.54, 1.807) is 17.6 Å². The first-order chi connectivity index (χ1) is 5.70. The molecule has 0 N–H and O–H groups in total. The topological polar surface area (TPSA) is 47.5 Å². The van der Waals surface area contributed by atoms with Gasteiger partial charge in [-0.3, -0.25) is 9.20 Å². The van der Waals surface area contributed by atoms with Crippen molar-refractivity contribution in [2.24, 2.45) is 0 Å². The van der Waals surface area contributed by atoms with Crippen molar-refractivity contribution in [2.45, 2.75) is 13.8 Å². The van der Waals surface area contributed by atoms with Gasteiger partial charge in [-0.05, 0) is 13.8 Å². The standard InChI is InChI=1S/C8H8N2O2/c1-5-3-12-8-6(2)7(11)9-4-10(5)8/h3-4H,1-2H3. The Hall–Kier alpha value is -1.58. The first-order valence-corrected chi connectivity index (χ1v) is 3.62. The molecule has 2 aromatic rings. The van der Waals surface area contributed by atoms with Crippen LogP contribution in [0.25, 0.3) is 5.71 Å². The van der Waals surface area contributed by atoms with E-state index in [0.717, 1.165) is 5.69 Å². The van der Waals surface area contributed by atoms with Gasteiger partial charge in [-0.1, -0.05) is 0 Å². The van der Waals surface area contributed by atoms with Crippen LogP contribution >= 0.6 is 0 Å². The zero-order valence-electron chi connectivity index (χ0n) is 6.87. The number of hydrogen-bond acceptors (Lipinski definition) is 3. The molecule has 0 aliphatic heterocycles. The first kappa shape index (κ1) is 7.09. The monoisotopic (exact) mass is 164 g/mol. The fourth-order valence-corrected chi connectivity index (χ4v) is 1.13. The fraction of sp³-hybridized carbons (Fsp3) is 0.250. The molecule has 0 saturated heterocycles. The van der Waals surface area contributed by atoms with Crippen molar-refractivity contribution in [3.05, 3.63) is 34.2 Å². The average molecular weight is 164 g/mol. The minimum absolute atomic E-state index is 0.232. The van der Waals surface area contributed by atoms with E-state index in [1.165, 1.54) is 6.33 Å².